The number of ether oxygens (including phenoxy) is 1. The average Bonchev–Trinajstić information content (AvgIpc) is 2.81. The fraction of sp³-hybridized carbons (Fsp3) is 0.419. The Labute approximate surface area is 236 Å². The lowest BCUT2D eigenvalue weighted by Crippen LogP contribution is -2.58. The van der Waals surface area contributed by atoms with Crippen molar-refractivity contribution in [3.63, 3.8) is 0 Å². The number of primary amides is 1. The highest BCUT2D eigenvalue weighted by atomic mass is 16.6. The van der Waals surface area contributed by atoms with Crippen LogP contribution in [0.4, 0.5) is 10.5 Å². The highest BCUT2D eigenvalue weighted by Gasteiger charge is 2.43. The number of hydrogen-bond donors (Lipinski definition) is 3. The topological polar surface area (TPSA) is 131 Å². The Kier molecular flexibility index (Phi) is 10.1. The van der Waals surface area contributed by atoms with Crippen molar-refractivity contribution in [2.24, 2.45) is 5.73 Å². The van der Waals surface area contributed by atoms with E-state index in [-0.39, 0.29) is 0 Å². The number of rotatable bonds is 8. The minimum atomic E-state index is -1.40. The van der Waals surface area contributed by atoms with Crippen LogP contribution in [0, 0.1) is 26.2 Å². The quantitative estimate of drug-likeness (QED) is 0.422. The second-order valence-corrected chi connectivity index (χ2v) is 11.6. The zero-order valence-corrected chi connectivity index (χ0v) is 24.5. The van der Waals surface area contributed by atoms with Gasteiger partial charge in [0, 0.05) is 16.8 Å². The van der Waals surface area contributed by atoms with E-state index >= 15 is 0 Å². The van der Waals surface area contributed by atoms with Gasteiger partial charge in [-0.05, 0) is 78.1 Å². The highest BCUT2D eigenvalue weighted by molar-refractivity contribution is 6.01. The number of aryl methyl sites for hydroxylation is 2. The van der Waals surface area contributed by atoms with Gasteiger partial charge in [-0.25, -0.2) is 4.79 Å². The van der Waals surface area contributed by atoms with Crippen LogP contribution < -0.4 is 16.4 Å². The lowest BCUT2D eigenvalue weighted by Gasteiger charge is -2.43. The molecule has 2 unspecified atom stereocenters. The molecule has 214 valence electrons. The summed E-state index contributed by atoms with van der Waals surface area (Å²) in [5.74, 6) is 0.566. The highest BCUT2D eigenvalue weighted by Crippen LogP contribution is 2.33. The van der Waals surface area contributed by atoms with Crippen molar-refractivity contribution in [3.8, 4) is 12.3 Å². The summed E-state index contributed by atoms with van der Waals surface area (Å²) in [4.78, 5) is 54.4. The lowest BCUT2D eigenvalue weighted by atomic mass is 9.92. The zero-order valence-electron chi connectivity index (χ0n) is 24.5. The fourth-order valence-corrected chi connectivity index (χ4v) is 4.33. The van der Waals surface area contributed by atoms with Crippen molar-refractivity contribution in [3.05, 3.63) is 64.7 Å². The van der Waals surface area contributed by atoms with Gasteiger partial charge in [-0.2, -0.15) is 0 Å². The Morgan fingerprint density at radius 3 is 2.05 bits per heavy atom. The number of hydrogen-bond acceptors (Lipinski definition) is 5. The molecule has 0 bridgehead atoms. The van der Waals surface area contributed by atoms with Crippen LogP contribution in [0.2, 0.25) is 0 Å². The molecule has 0 saturated carbocycles. The molecule has 9 heteroatoms. The van der Waals surface area contributed by atoms with Gasteiger partial charge in [0.1, 0.15) is 17.7 Å². The van der Waals surface area contributed by atoms with Gasteiger partial charge in [-0.3, -0.25) is 14.4 Å². The number of para-hydroxylation sites is 1. The molecule has 0 aliphatic rings. The molecule has 4 N–H and O–H groups in total. The van der Waals surface area contributed by atoms with Crippen LogP contribution in [-0.4, -0.2) is 45.9 Å². The summed E-state index contributed by atoms with van der Waals surface area (Å²) in [5.41, 5.74) is 6.74. The molecule has 0 aliphatic carbocycles. The lowest BCUT2D eigenvalue weighted by molar-refractivity contribution is -0.147. The van der Waals surface area contributed by atoms with Crippen molar-refractivity contribution in [1.29, 1.82) is 0 Å². The number of nitrogens with zero attached hydrogens (tertiary/aromatic N) is 1. The van der Waals surface area contributed by atoms with E-state index in [1.165, 1.54) is 4.90 Å². The molecule has 2 aromatic rings. The number of carbonyl (C=O) groups excluding carboxylic acids is 4. The summed E-state index contributed by atoms with van der Waals surface area (Å²) in [6.45, 7) is 14.0. The molecule has 0 aromatic heterocycles. The first-order chi connectivity index (χ1) is 18.5. The molecule has 0 radical (unpaired) electrons. The molecule has 9 nitrogen and oxygen atoms in total. The third-order valence-corrected chi connectivity index (χ3v) is 6.00. The zero-order chi connectivity index (χ0) is 30.4. The predicted molar refractivity (Wildman–Crippen MR) is 155 cm³/mol. The van der Waals surface area contributed by atoms with Crippen LogP contribution in [0.1, 0.15) is 76.3 Å². The van der Waals surface area contributed by atoms with Crippen molar-refractivity contribution in [2.75, 3.05) is 5.32 Å². The minimum absolute atomic E-state index is 0.409. The molecule has 40 heavy (non-hydrogen) atoms. The van der Waals surface area contributed by atoms with E-state index in [4.69, 9.17) is 16.9 Å². The first-order valence-corrected chi connectivity index (χ1v) is 13.0. The van der Waals surface area contributed by atoms with Crippen molar-refractivity contribution < 1.29 is 23.9 Å². The molecule has 4 amide bonds. The van der Waals surface area contributed by atoms with E-state index in [0.29, 0.717) is 16.8 Å². The Morgan fingerprint density at radius 2 is 1.55 bits per heavy atom. The van der Waals surface area contributed by atoms with Gasteiger partial charge in [0.25, 0.3) is 5.91 Å². The summed E-state index contributed by atoms with van der Waals surface area (Å²) < 4.78 is 5.32. The fourth-order valence-electron chi connectivity index (χ4n) is 4.33. The first-order valence-electron chi connectivity index (χ1n) is 13.0. The molecule has 0 fully saturated rings. The van der Waals surface area contributed by atoms with E-state index in [2.05, 4.69) is 16.6 Å². The van der Waals surface area contributed by atoms with Crippen LogP contribution in [0.25, 0.3) is 0 Å². The summed E-state index contributed by atoms with van der Waals surface area (Å²) in [6, 6.07) is 9.81. The van der Waals surface area contributed by atoms with Gasteiger partial charge in [0.15, 0.2) is 0 Å². The number of benzene rings is 2. The molecular weight excluding hydrogens is 508 g/mol. The normalized spacial score (nSPS) is 12.9. The summed E-state index contributed by atoms with van der Waals surface area (Å²) >= 11 is 0. The van der Waals surface area contributed by atoms with Crippen LogP contribution >= 0.6 is 0 Å². The standard InChI is InChI=1S/C31H40N4O5/c1-10-21-16-11-12-17-22(21)26(27(37)34-25-19(2)14-13-15-20(25)3)35(30(4,5)6)28(38)23(18-24(32)36)33-29(39)40-31(7,8)9/h1,11-17,23,26H,18H2,2-9H3,(H2,32,36)(H,33,39)(H,34,37). The Morgan fingerprint density at radius 1 is 0.975 bits per heavy atom. The molecule has 0 saturated heterocycles. The van der Waals surface area contributed by atoms with E-state index in [0.717, 1.165) is 11.1 Å². The number of anilines is 1. The largest absolute Gasteiger partial charge is 0.444 e. The smallest absolute Gasteiger partial charge is 0.408 e. The molecule has 2 rings (SSSR count). The van der Waals surface area contributed by atoms with Crippen LogP contribution in [0.5, 0.6) is 0 Å². The summed E-state index contributed by atoms with van der Waals surface area (Å²) in [6.07, 6.45) is 4.40. The maximum atomic E-state index is 14.2. The molecule has 2 atom stereocenters. The monoisotopic (exact) mass is 548 g/mol. The molecule has 2 aromatic carbocycles. The van der Waals surface area contributed by atoms with Gasteiger partial charge >= 0.3 is 6.09 Å². The van der Waals surface area contributed by atoms with Gasteiger partial charge in [-0.1, -0.05) is 42.3 Å². The Hall–Kier alpha value is -4.32. The SMILES string of the molecule is C#Cc1ccccc1C(C(=O)Nc1c(C)cccc1C)N(C(=O)C(CC(N)=O)NC(=O)OC(C)(C)C)C(C)(C)C. The van der Waals surface area contributed by atoms with E-state index < -0.39 is 53.5 Å². The van der Waals surface area contributed by atoms with Crippen molar-refractivity contribution >= 4 is 29.5 Å². The van der Waals surface area contributed by atoms with Gasteiger partial charge in [0.2, 0.25) is 11.8 Å². The van der Waals surface area contributed by atoms with Crippen molar-refractivity contribution in [1.82, 2.24) is 10.2 Å². The van der Waals surface area contributed by atoms with E-state index in [1.807, 2.05) is 32.0 Å². The molecule has 0 heterocycles. The van der Waals surface area contributed by atoms with Gasteiger partial charge in [-0.15, -0.1) is 6.42 Å². The number of terminal acetylenes is 1. The summed E-state index contributed by atoms with van der Waals surface area (Å²) in [7, 11) is 0. The van der Waals surface area contributed by atoms with E-state index in [9.17, 15) is 19.2 Å². The number of carbonyl (C=O) groups is 4. The van der Waals surface area contributed by atoms with Gasteiger partial charge in [0.05, 0.1) is 6.42 Å². The molecule has 0 aliphatic heterocycles. The minimum Gasteiger partial charge on any atom is -0.444 e. The maximum Gasteiger partial charge on any atom is 0.408 e. The third kappa shape index (κ3) is 8.34. The Balaban J connectivity index is 2.71. The first kappa shape index (κ1) is 31.9. The van der Waals surface area contributed by atoms with Crippen LogP contribution in [0.15, 0.2) is 42.5 Å². The van der Waals surface area contributed by atoms with Gasteiger partial charge < -0.3 is 26.0 Å². The number of nitrogens with two attached hydrogens (primary N) is 1. The van der Waals surface area contributed by atoms with Crippen LogP contribution in [-0.2, 0) is 19.1 Å². The number of amides is 4. The molecule has 0 spiro atoms. The summed E-state index contributed by atoms with van der Waals surface area (Å²) in [5, 5.41) is 5.46. The second kappa shape index (κ2) is 12.7. The van der Waals surface area contributed by atoms with Crippen molar-refractivity contribution in [2.45, 2.75) is 85.0 Å². The van der Waals surface area contributed by atoms with Crippen LogP contribution in [0.3, 0.4) is 0 Å². The molecular formula is C31H40N4O5. The van der Waals surface area contributed by atoms with E-state index in [1.54, 1.807) is 65.8 Å². The average molecular weight is 549 g/mol. The maximum absolute atomic E-state index is 14.2. The second-order valence-electron chi connectivity index (χ2n) is 11.6. The number of nitrogens with one attached hydrogen (secondary N) is 2. The Bertz CT molecular complexity index is 1290. The third-order valence-electron chi connectivity index (χ3n) is 6.00. The predicted octanol–water partition coefficient (Wildman–Crippen LogP) is 4.36. The number of alkyl carbamates (subject to hydrolysis) is 1.